The number of anilines is 3. The lowest BCUT2D eigenvalue weighted by molar-refractivity contribution is -0.137. The van der Waals surface area contributed by atoms with Crippen LogP contribution in [0.5, 0.6) is 0 Å². The molecule has 46 heavy (non-hydrogen) atoms. The number of amides is 3. The Morgan fingerprint density at radius 3 is 2.33 bits per heavy atom. The van der Waals surface area contributed by atoms with Gasteiger partial charge in [-0.2, -0.15) is 13.2 Å². The third-order valence-electron chi connectivity index (χ3n) is 7.75. The van der Waals surface area contributed by atoms with E-state index >= 15 is 0 Å². The second-order valence-electron chi connectivity index (χ2n) is 10.9. The number of aromatic nitrogens is 1. The summed E-state index contributed by atoms with van der Waals surface area (Å²) in [6, 6.07) is 15.9. The number of carbonyl (C=O) groups excluding carboxylic acids is 3. The Bertz CT molecular complexity index is 1950. The summed E-state index contributed by atoms with van der Waals surface area (Å²) < 4.78 is 41.9. The molecule has 0 aliphatic carbocycles. The Labute approximate surface area is 278 Å². The van der Waals surface area contributed by atoms with Gasteiger partial charge in [0.25, 0.3) is 0 Å². The molecule has 1 N–H and O–H groups in total. The lowest BCUT2D eigenvalue weighted by atomic mass is 9.83. The van der Waals surface area contributed by atoms with Crippen molar-refractivity contribution >= 4 is 81.1 Å². The predicted molar refractivity (Wildman–Crippen MR) is 173 cm³/mol. The maximum absolute atomic E-state index is 14.0. The quantitative estimate of drug-likeness (QED) is 0.224. The summed E-state index contributed by atoms with van der Waals surface area (Å²) >= 11 is 13.9. The van der Waals surface area contributed by atoms with Crippen molar-refractivity contribution < 1.29 is 27.6 Å². The molecular weight excluding hydrogens is 684 g/mol. The van der Waals surface area contributed by atoms with Crippen LogP contribution in [0.25, 0.3) is 0 Å². The number of thiazole rings is 1. The van der Waals surface area contributed by atoms with Gasteiger partial charge in [0.15, 0.2) is 0 Å². The molecule has 0 bridgehead atoms. The van der Waals surface area contributed by atoms with Crippen LogP contribution < -0.4 is 20.0 Å². The van der Waals surface area contributed by atoms with Crippen molar-refractivity contribution in [2.45, 2.75) is 28.9 Å². The largest absolute Gasteiger partial charge is 0.416 e. The number of hydrogen-bond acceptors (Lipinski definition) is 7. The van der Waals surface area contributed by atoms with Gasteiger partial charge in [-0.1, -0.05) is 64.5 Å². The fourth-order valence-corrected chi connectivity index (χ4v) is 8.66. The lowest BCUT2D eigenvalue weighted by Gasteiger charge is -2.31. The number of fused-ring (bicyclic) bond motifs is 2. The van der Waals surface area contributed by atoms with E-state index in [2.05, 4.69) is 5.32 Å². The fourth-order valence-electron chi connectivity index (χ4n) is 5.59. The molecule has 238 valence electrons. The second-order valence-corrected chi connectivity index (χ2v) is 13.8. The number of hydrogen-bond donors (Lipinski definition) is 1. The molecule has 0 spiro atoms. The van der Waals surface area contributed by atoms with Crippen molar-refractivity contribution in [1.29, 1.82) is 0 Å². The molecule has 3 atom stereocenters. The summed E-state index contributed by atoms with van der Waals surface area (Å²) in [6.07, 6.45) is -4.68. The number of alkyl halides is 3. The second kappa shape index (κ2) is 12.1. The van der Waals surface area contributed by atoms with Crippen LogP contribution >= 0.6 is 46.3 Å². The van der Waals surface area contributed by atoms with E-state index in [0.717, 1.165) is 51.9 Å². The Morgan fingerprint density at radius 2 is 1.67 bits per heavy atom. The van der Waals surface area contributed by atoms with Gasteiger partial charge in [0.1, 0.15) is 11.8 Å². The van der Waals surface area contributed by atoms with E-state index in [9.17, 15) is 32.3 Å². The number of imide groups is 1. The summed E-state index contributed by atoms with van der Waals surface area (Å²) in [6.45, 7) is -0.402. The Morgan fingerprint density at radius 1 is 0.957 bits per heavy atom. The van der Waals surface area contributed by atoms with Gasteiger partial charge in [0.05, 0.1) is 32.2 Å². The van der Waals surface area contributed by atoms with Gasteiger partial charge < -0.3 is 10.2 Å². The molecule has 6 rings (SSSR count). The molecule has 0 unspecified atom stereocenters. The summed E-state index contributed by atoms with van der Waals surface area (Å²) in [5.41, 5.74) is 0.683. The first kappa shape index (κ1) is 32.2. The molecule has 1 aromatic heterocycles. The maximum atomic E-state index is 14.0. The monoisotopic (exact) mass is 706 g/mol. The zero-order valence-electron chi connectivity index (χ0n) is 24.0. The van der Waals surface area contributed by atoms with Crippen LogP contribution in [0, 0.1) is 5.92 Å². The summed E-state index contributed by atoms with van der Waals surface area (Å²) in [5, 5.41) is 2.48. The van der Waals surface area contributed by atoms with E-state index in [1.54, 1.807) is 18.2 Å². The van der Waals surface area contributed by atoms with E-state index in [1.807, 2.05) is 31.1 Å². The molecule has 15 heteroatoms. The molecule has 8 nitrogen and oxygen atoms in total. The van der Waals surface area contributed by atoms with E-state index < -0.39 is 58.0 Å². The Balaban J connectivity index is 1.41. The minimum absolute atomic E-state index is 0.191. The normalized spacial score (nSPS) is 19.2. The Hall–Kier alpha value is -3.78. The maximum Gasteiger partial charge on any atom is 0.416 e. The molecular formula is C31H23Cl2F3N4O4S2. The minimum atomic E-state index is -4.68. The van der Waals surface area contributed by atoms with Crippen molar-refractivity contribution in [2.75, 3.05) is 29.2 Å². The highest BCUT2D eigenvalue weighted by atomic mass is 35.5. The van der Waals surface area contributed by atoms with Crippen LogP contribution in [-0.2, 0) is 27.1 Å². The van der Waals surface area contributed by atoms with Crippen LogP contribution in [0.3, 0.4) is 0 Å². The van der Waals surface area contributed by atoms with E-state index in [1.165, 1.54) is 22.8 Å². The van der Waals surface area contributed by atoms with Crippen LogP contribution in [0.2, 0.25) is 10.0 Å². The Kier molecular flexibility index (Phi) is 8.47. The van der Waals surface area contributed by atoms with E-state index in [4.69, 9.17) is 23.2 Å². The highest BCUT2D eigenvalue weighted by molar-refractivity contribution is 8.00. The van der Waals surface area contributed by atoms with Gasteiger partial charge in [-0.25, -0.2) is 4.90 Å². The fraction of sp³-hybridized carbons (Fsp3) is 0.226. The summed E-state index contributed by atoms with van der Waals surface area (Å²) in [7, 11) is 3.73. The standard InChI is InChI=1S/C31H23Cl2F3N4O4S2/c1-38(2)18-9-6-15(7-10-18)23-24-25(28(43)40(27(24)42)19-5-3-4-16(12-19)31(34,35)36)45-29-26(23)46-30(44)39(29)14-22(41)37-17-8-11-20(32)21(33)13-17/h3-13,23-25H,14H2,1-2H3,(H,37,41)/t23-,24-,25+/m0/s1. The van der Waals surface area contributed by atoms with Gasteiger partial charge in [-0.05, 0) is 54.1 Å². The van der Waals surface area contributed by atoms with Crippen molar-refractivity contribution in [3.8, 4) is 0 Å². The molecule has 1 fully saturated rings. The third kappa shape index (κ3) is 5.81. The smallest absolute Gasteiger partial charge is 0.378 e. The summed E-state index contributed by atoms with van der Waals surface area (Å²) in [4.78, 5) is 57.1. The molecule has 4 aromatic rings. The highest BCUT2D eigenvalue weighted by Crippen LogP contribution is 2.54. The molecule has 0 radical (unpaired) electrons. The number of rotatable bonds is 6. The van der Waals surface area contributed by atoms with Crippen molar-refractivity contribution in [2.24, 2.45) is 5.92 Å². The molecule has 3 aromatic carbocycles. The van der Waals surface area contributed by atoms with Crippen LogP contribution in [0.4, 0.5) is 30.2 Å². The summed E-state index contributed by atoms with van der Waals surface area (Å²) in [5.74, 6) is -3.71. The first-order valence-electron chi connectivity index (χ1n) is 13.7. The lowest BCUT2D eigenvalue weighted by Crippen LogP contribution is -2.33. The van der Waals surface area contributed by atoms with Crippen LogP contribution in [0.15, 0.2) is 76.6 Å². The minimum Gasteiger partial charge on any atom is -0.378 e. The molecule has 2 aliphatic heterocycles. The average Bonchev–Trinajstić information content (AvgIpc) is 3.44. The van der Waals surface area contributed by atoms with Gasteiger partial charge in [-0.3, -0.25) is 23.7 Å². The van der Waals surface area contributed by atoms with Crippen molar-refractivity contribution in [3.63, 3.8) is 0 Å². The predicted octanol–water partition coefficient (Wildman–Crippen LogP) is 6.74. The molecule has 3 amide bonds. The number of thioether (sulfide) groups is 1. The number of benzene rings is 3. The SMILES string of the molecule is CN(C)c1ccc([C@@H]2c3sc(=O)n(CC(=O)Nc4ccc(Cl)c(Cl)c4)c3S[C@H]3C(=O)N(c4cccc(C(F)(F)F)c4)C(=O)[C@@H]23)cc1. The zero-order chi connectivity index (χ0) is 33.1. The first-order chi connectivity index (χ1) is 21.7. The number of carbonyl (C=O) groups is 3. The first-order valence-corrected chi connectivity index (χ1v) is 16.2. The third-order valence-corrected chi connectivity index (χ3v) is 11.1. The highest BCUT2D eigenvalue weighted by Gasteiger charge is 2.57. The van der Waals surface area contributed by atoms with Gasteiger partial charge >= 0.3 is 11.0 Å². The number of halogens is 5. The topological polar surface area (TPSA) is 91.7 Å². The zero-order valence-corrected chi connectivity index (χ0v) is 27.1. The molecule has 2 aliphatic rings. The van der Waals surface area contributed by atoms with E-state index in [-0.39, 0.29) is 10.7 Å². The van der Waals surface area contributed by atoms with Gasteiger partial charge in [-0.15, -0.1) is 0 Å². The van der Waals surface area contributed by atoms with Crippen molar-refractivity contribution in [1.82, 2.24) is 4.57 Å². The van der Waals surface area contributed by atoms with Gasteiger partial charge in [0.2, 0.25) is 17.7 Å². The van der Waals surface area contributed by atoms with Gasteiger partial charge in [0, 0.05) is 36.3 Å². The van der Waals surface area contributed by atoms with Crippen molar-refractivity contribution in [3.05, 3.63) is 102 Å². The average molecular weight is 708 g/mol. The molecule has 1 saturated heterocycles. The number of nitrogens with zero attached hydrogens (tertiary/aromatic N) is 3. The van der Waals surface area contributed by atoms with Crippen LogP contribution in [0.1, 0.15) is 21.9 Å². The number of nitrogens with one attached hydrogen (secondary N) is 1. The molecule has 3 heterocycles. The van der Waals surface area contributed by atoms with E-state index in [0.29, 0.717) is 26.2 Å². The molecule has 0 saturated carbocycles. The van der Waals surface area contributed by atoms with Crippen LogP contribution in [-0.4, -0.2) is 41.6 Å².